The zero-order chi connectivity index (χ0) is 24.4. The summed E-state index contributed by atoms with van der Waals surface area (Å²) >= 11 is 0. The van der Waals surface area contributed by atoms with Crippen LogP contribution in [0.25, 0.3) is 0 Å². The van der Waals surface area contributed by atoms with E-state index in [1.165, 1.54) is 26.7 Å². The highest BCUT2D eigenvalue weighted by Gasteiger charge is 2.44. The molecule has 1 N–H and O–H groups in total. The first-order valence-corrected chi connectivity index (χ1v) is 11.2. The van der Waals surface area contributed by atoms with E-state index in [2.05, 4.69) is 19.1 Å². The molecule has 0 heterocycles. The number of methoxy groups -OCH3 is 2. The van der Waals surface area contributed by atoms with E-state index >= 15 is 0 Å². The molecule has 0 radical (unpaired) electrons. The first-order chi connectivity index (χ1) is 15.0. The van der Waals surface area contributed by atoms with Crippen LogP contribution in [0.2, 0.25) is 0 Å². The Labute approximate surface area is 369 Å². The first kappa shape index (κ1) is 169. The van der Waals surface area contributed by atoms with Gasteiger partial charge in [-0.3, -0.25) is 9.59 Å². The van der Waals surface area contributed by atoms with Crippen molar-refractivity contribution in [1.29, 1.82) is 0 Å². The van der Waals surface area contributed by atoms with Crippen molar-refractivity contribution < 1.29 is 28.9 Å². The lowest BCUT2D eigenvalue weighted by molar-refractivity contribution is -0.153. The molecule has 6 nitrogen and oxygen atoms in total. The Bertz CT molecular complexity index is 787. The summed E-state index contributed by atoms with van der Waals surface area (Å²) in [6.07, 6.45) is 7.99. The minimum Gasteiger partial charge on any atom is -0.493 e. The van der Waals surface area contributed by atoms with Crippen LogP contribution in [0.1, 0.15) is 245 Å². The molecule has 0 amide bonds. The van der Waals surface area contributed by atoms with Gasteiger partial charge in [0.1, 0.15) is 0 Å². The molecule has 0 spiro atoms. The second-order valence-electron chi connectivity index (χ2n) is 8.84. The monoisotopic (exact) mass is 833 g/mol. The zero-order valence-electron chi connectivity index (χ0n) is 20.9. The molecule has 0 bridgehead atoms. The van der Waals surface area contributed by atoms with Crippen molar-refractivity contribution in [2.45, 2.75) is 258 Å². The van der Waals surface area contributed by atoms with Crippen LogP contribution in [0.15, 0.2) is 46.5 Å². The van der Waals surface area contributed by atoms with E-state index in [1.54, 1.807) is 0 Å². The van der Waals surface area contributed by atoms with Gasteiger partial charge in [-0.25, -0.2) is 0 Å². The molecule has 372 valence electrons. The van der Waals surface area contributed by atoms with E-state index in [0.29, 0.717) is 12.8 Å². The van der Waals surface area contributed by atoms with E-state index in [-0.39, 0.29) is 207 Å². The maximum absolute atomic E-state index is 12.8. The van der Waals surface area contributed by atoms with Crippen LogP contribution in [0, 0.1) is 11.8 Å². The molecule has 1 rings (SSSR count). The van der Waals surface area contributed by atoms with Crippen LogP contribution in [0.4, 0.5) is 0 Å². The van der Waals surface area contributed by atoms with E-state index in [1.807, 2.05) is 33.8 Å². The third kappa shape index (κ3) is 56.0. The van der Waals surface area contributed by atoms with Gasteiger partial charge in [-0.15, -0.1) is 0 Å². The summed E-state index contributed by atoms with van der Waals surface area (Å²) in [6.45, 7) is 11.2. The Morgan fingerprint density at radius 2 is 1.00 bits per heavy atom. The molecule has 0 saturated carbocycles. The Kier molecular flexibility index (Phi) is 257. The molecular formula is C50H136O6. The molecule has 0 aromatic heterocycles. The summed E-state index contributed by atoms with van der Waals surface area (Å²) in [6, 6.07) is 0. The number of carbonyl (C=O) groups excluding carboxylic acids is 2. The average Bonchev–Trinajstić information content (AvgIpc) is 2.68. The summed E-state index contributed by atoms with van der Waals surface area (Å²) < 4.78 is 16.2. The smallest absolute Gasteiger partial charge is 0.303 e. The molecule has 4 atom stereocenters. The molecule has 56 heavy (non-hydrogen) atoms. The van der Waals surface area contributed by atoms with Gasteiger partial charge in [0.25, 0.3) is 0 Å². The predicted octanol–water partition coefficient (Wildman–Crippen LogP) is 20.3. The molecule has 1 aliphatic carbocycles. The van der Waals surface area contributed by atoms with Gasteiger partial charge in [0.2, 0.25) is 11.5 Å². The molecule has 0 fully saturated rings. The highest BCUT2D eigenvalue weighted by Crippen LogP contribution is 2.37. The zero-order valence-corrected chi connectivity index (χ0v) is 20.9. The molecule has 0 aromatic rings. The summed E-state index contributed by atoms with van der Waals surface area (Å²) in [5.74, 6) is -0.766. The Morgan fingerprint density at radius 3 is 1.30 bits per heavy atom. The summed E-state index contributed by atoms with van der Waals surface area (Å²) in [5, 5.41) is 10.0. The van der Waals surface area contributed by atoms with E-state index < -0.39 is 18.2 Å². The van der Waals surface area contributed by atoms with Crippen LogP contribution < -0.4 is 0 Å². The van der Waals surface area contributed by atoms with Gasteiger partial charge in [0, 0.05) is 18.8 Å². The number of carbonyl (C=O) groups is 2. The lowest BCUT2D eigenvalue weighted by atomic mass is 9.77. The second kappa shape index (κ2) is 85.0. The van der Waals surface area contributed by atoms with E-state index in [9.17, 15) is 14.7 Å². The largest absolute Gasteiger partial charge is 0.493 e. The number of hydrogen-bond donors (Lipinski definition) is 1. The minimum absolute atomic E-state index is 0. The quantitative estimate of drug-likeness (QED) is 0.165. The fourth-order valence-corrected chi connectivity index (χ4v) is 4.01. The van der Waals surface area contributed by atoms with Crippen LogP contribution >= 0.6 is 0 Å². The molecule has 0 unspecified atom stereocenters. The number of aliphatic hydroxyl groups is 1. The Balaban J connectivity index is -0.0000000194. The van der Waals surface area contributed by atoms with Crippen molar-refractivity contribution in [1.82, 2.24) is 0 Å². The van der Waals surface area contributed by atoms with E-state index in [0.717, 1.165) is 24.0 Å². The number of ketones is 1. The maximum atomic E-state index is 12.8. The van der Waals surface area contributed by atoms with Crippen molar-refractivity contribution in [2.75, 3.05) is 14.2 Å². The van der Waals surface area contributed by atoms with Crippen molar-refractivity contribution in [3.63, 3.8) is 0 Å². The van der Waals surface area contributed by atoms with Crippen molar-refractivity contribution in [2.24, 2.45) is 11.8 Å². The minimum atomic E-state index is -0.664. The number of rotatable bonds is 11. The highest BCUT2D eigenvalue weighted by molar-refractivity contribution is 5.97. The highest BCUT2D eigenvalue weighted by atomic mass is 16.6. The molecule has 1 aliphatic rings. The lowest BCUT2D eigenvalue weighted by Crippen LogP contribution is -2.42. The average molecular weight is 834 g/mol. The van der Waals surface area contributed by atoms with E-state index in [4.69, 9.17) is 14.2 Å². The summed E-state index contributed by atoms with van der Waals surface area (Å²) in [4.78, 5) is 24.5. The van der Waals surface area contributed by atoms with Gasteiger partial charge in [-0.1, -0.05) is 220 Å². The molecule has 0 aromatic carbocycles. The van der Waals surface area contributed by atoms with Crippen molar-refractivity contribution in [3.05, 3.63) is 46.5 Å². The standard InChI is InChI=1S/C26H40O6.24CH4/c1-16(2)14-21(28)15-18(4)11-9-10-17(3)12-13-22-19(5)23(29)25(30-7)26(31-8)24(22)32-20(6)27;;;;;;;;;;;;;;;;;;;;;;;;/h11-12,14,19,21-22,24,28H,9-10,13,15H2,1-8H3;24*1H4/b17-12+,18-11+;;;;;;;;;;;;;;;;;;;;;;;;/t19-,21-,22-,24-;;;;;;;;;;;;;;;;;;;;;;;;/m1......................../s1. The number of esters is 1. The normalized spacial score (nSPS) is 13.2. The lowest BCUT2D eigenvalue weighted by Gasteiger charge is -2.35. The van der Waals surface area contributed by atoms with Gasteiger partial charge in [-0.05, 0) is 53.4 Å². The van der Waals surface area contributed by atoms with Crippen LogP contribution in [-0.4, -0.2) is 43.3 Å². The van der Waals surface area contributed by atoms with Gasteiger partial charge >= 0.3 is 5.97 Å². The number of ether oxygens (including phenoxy) is 3. The maximum Gasteiger partial charge on any atom is 0.303 e. The fourth-order valence-electron chi connectivity index (χ4n) is 4.01. The number of hydrogen-bond acceptors (Lipinski definition) is 6. The number of aliphatic hydroxyl groups excluding tert-OH is 1. The summed E-state index contributed by atoms with van der Waals surface area (Å²) in [5.41, 5.74) is 3.46. The molecular weight excluding hydrogens is 697 g/mol. The van der Waals surface area contributed by atoms with Crippen LogP contribution in [0.5, 0.6) is 0 Å². The fraction of sp³-hybridized carbons (Fsp3) is 0.800. The van der Waals surface area contributed by atoms with Crippen molar-refractivity contribution >= 4 is 11.8 Å². The summed E-state index contributed by atoms with van der Waals surface area (Å²) in [7, 11) is 2.87. The molecule has 0 aliphatic heterocycles. The molecule has 6 heteroatoms. The van der Waals surface area contributed by atoms with Gasteiger partial charge < -0.3 is 19.3 Å². The third-order valence-electron chi connectivity index (χ3n) is 5.69. The predicted molar refractivity (Wildman–Crippen MR) is 287 cm³/mol. The van der Waals surface area contributed by atoms with Gasteiger partial charge in [-0.2, -0.15) is 0 Å². The number of Topliss-reactive ketones (excluding diaryl/α,β-unsaturated/α-hetero) is 1. The topological polar surface area (TPSA) is 82.1 Å². The van der Waals surface area contributed by atoms with Crippen LogP contribution in [-0.2, 0) is 23.8 Å². The second-order valence-corrected chi connectivity index (χ2v) is 8.84. The third-order valence-corrected chi connectivity index (χ3v) is 5.69. The number of allylic oxidation sites excluding steroid dienone is 5. The first-order valence-electron chi connectivity index (χ1n) is 11.2. The SMILES string of the molecule is C.C.C.C.C.C.C.C.C.C.C.C.C.C.C.C.C.C.C.C.C.C.C.C.COC1=C(OC)[C@H](OC(C)=O)[C@H](C/C=C(\C)CC/C=C(\C)C[C@H](O)C=C(C)C)[C@@H](C)C1=O. The van der Waals surface area contributed by atoms with Crippen LogP contribution in [0.3, 0.4) is 0 Å². The van der Waals surface area contributed by atoms with Gasteiger partial charge in [0.15, 0.2) is 11.9 Å². The Morgan fingerprint density at radius 1 is 0.625 bits per heavy atom. The Hall–Kier alpha value is -2.34. The van der Waals surface area contributed by atoms with Crippen molar-refractivity contribution in [3.8, 4) is 0 Å². The molecule has 0 saturated heterocycles. The van der Waals surface area contributed by atoms with Gasteiger partial charge in [0.05, 0.1) is 20.3 Å².